The van der Waals surface area contributed by atoms with Gasteiger partial charge in [-0.15, -0.1) is 0 Å². The average molecular weight is 232 g/mol. The zero-order valence-corrected chi connectivity index (χ0v) is 11.1. The standard InChI is InChI=1S/C7H12O5S.Na.H/c1-2-4-7(8)12-5-3-6-13(9,10)11;;/h2,4H,3,5-6H2,1H3,(H,9,10,11);;/q;+1;-1. The molecule has 78 valence electrons. The van der Waals surface area contributed by atoms with Gasteiger partial charge in [0.2, 0.25) is 0 Å². The van der Waals surface area contributed by atoms with Gasteiger partial charge in [0.1, 0.15) is 0 Å². The van der Waals surface area contributed by atoms with E-state index in [1.165, 1.54) is 12.2 Å². The smallest absolute Gasteiger partial charge is 1.00 e. The third-order valence-corrected chi connectivity index (χ3v) is 1.90. The molecule has 5 nitrogen and oxygen atoms in total. The summed E-state index contributed by atoms with van der Waals surface area (Å²) in [5.41, 5.74) is 0. The van der Waals surface area contributed by atoms with Crippen LogP contribution in [0.25, 0.3) is 0 Å². The fourth-order valence-corrected chi connectivity index (χ4v) is 1.08. The van der Waals surface area contributed by atoms with E-state index in [-0.39, 0.29) is 44.0 Å². The van der Waals surface area contributed by atoms with Crippen LogP contribution >= 0.6 is 0 Å². The quantitative estimate of drug-likeness (QED) is 0.186. The molecule has 0 aliphatic rings. The maximum absolute atomic E-state index is 10.6. The summed E-state index contributed by atoms with van der Waals surface area (Å²) in [5, 5.41) is 0. The Hall–Kier alpha value is 0.120. The van der Waals surface area contributed by atoms with Gasteiger partial charge in [0.15, 0.2) is 0 Å². The van der Waals surface area contributed by atoms with Crippen molar-refractivity contribution in [2.24, 2.45) is 0 Å². The van der Waals surface area contributed by atoms with E-state index in [1.807, 2.05) is 0 Å². The maximum Gasteiger partial charge on any atom is 1.00 e. The number of ether oxygens (including phenoxy) is 1. The van der Waals surface area contributed by atoms with E-state index in [9.17, 15) is 13.2 Å². The van der Waals surface area contributed by atoms with E-state index in [2.05, 4.69) is 4.74 Å². The summed E-state index contributed by atoms with van der Waals surface area (Å²) in [6.07, 6.45) is 2.85. The molecular weight excluding hydrogens is 219 g/mol. The molecule has 0 amide bonds. The first kappa shape index (κ1) is 16.5. The summed E-state index contributed by atoms with van der Waals surface area (Å²) in [5.74, 6) is -0.909. The number of hydrogen-bond donors (Lipinski definition) is 1. The molecule has 0 bridgehead atoms. The van der Waals surface area contributed by atoms with Crippen molar-refractivity contribution in [1.29, 1.82) is 0 Å². The molecule has 0 aromatic rings. The zero-order valence-electron chi connectivity index (χ0n) is 9.26. The van der Waals surface area contributed by atoms with Crippen LogP contribution in [0.4, 0.5) is 0 Å². The summed E-state index contributed by atoms with van der Waals surface area (Å²) >= 11 is 0. The van der Waals surface area contributed by atoms with Crippen LogP contribution in [-0.2, 0) is 19.6 Å². The van der Waals surface area contributed by atoms with Crippen molar-refractivity contribution < 1.29 is 53.5 Å². The SMILES string of the molecule is CC=CC(=O)OCCCS(=O)(=O)O.[H-].[Na+]. The number of esters is 1. The van der Waals surface area contributed by atoms with E-state index >= 15 is 0 Å². The van der Waals surface area contributed by atoms with E-state index < -0.39 is 21.8 Å². The Morgan fingerprint density at radius 3 is 2.57 bits per heavy atom. The molecule has 0 heterocycles. The Morgan fingerprint density at radius 2 is 2.14 bits per heavy atom. The van der Waals surface area contributed by atoms with E-state index in [0.29, 0.717) is 0 Å². The third kappa shape index (κ3) is 12.1. The Labute approximate surface area is 107 Å². The Kier molecular flexibility index (Phi) is 9.96. The maximum atomic E-state index is 10.6. The topological polar surface area (TPSA) is 80.7 Å². The minimum Gasteiger partial charge on any atom is -1.00 e. The molecule has 1 N–H and O–H groups in total. The van der Waals surface area contributed by atoms with Gasteiger partial charge >= 0.3 is 35.5 Å². The molecule has 0 unspecified atom stereocenters. The second-order valence-corrected chi connectivity index (χ2v) is 3.88. The summed E-state index contributed by atoms with van der Waals surface area (Å²) in [6.45, 7) is 1.66. The molecule has 0 saturated heterocycles. The molecule has 0 aromatic heterocycles. The number of hydrogen-bond acceptors (Lipinski definition) is 4. The van der Waals surface area contributed by atoms with E-state index in [0.717, 1.165) is 0 Å². The van der Waals surface area contributed by atoms with E-state index in [1.54, 1.807) is 6.92 Å². The molecule has 0 radical (unpaired) electrons. The first-order valence-corrected chi connectivity index (χ1v) is 5.31. The van der Waals surface area contributed by atoms with Gasteiger partial charge < -0.3 is 6.16 Å². The number of carbonyl (C=O) groups excluding carboxylic acids is 1. The fraction of sp³-hybridized carbons (Fsp3) is 0.571. The monoisotopic (exact) mass is 232 g/mol. The molecule has 0 spiro atoms. The van der Waals surface area contributed by atoms with Crippen LogP contribution in [0.15, 0.2) is 12.2 Å². The van der Waals surface area contributed by atoms with Crippen molar-refractivity contribution in [3.8, 4) is 0 Å². The molecule has 0 saturated carbocycles. The number of rotatable bonds is 5. The van der Waals surface area contributed by atoms with E-state index in [4.69, 9.17) is 4.55 Å². The number of allylic oxidation sites excluding steroid dienone is 1. The number of carbonyl (C=O) groups is 1. The van der Waals surface area contributed by atoms with Crippen LogP contribution in [0.5, 0.6) is 0 Å². The second-order valence-electron chi connectivity index (χ2n) is 2.31. The van der Waals surface area contributed by atoms with Gasteiger partial charge in [0, 0.05) is 6.08 Å². The predicted molar refractivity (Wildman–Crippen MR) is 47.9 cm³/mol. The van der Waals surface area contributed by atoms with Crippen LogP contribution in [0.2, 0.25) is 0 Å². The summed E-state index contributed by atoms with van der Waals surface area (Å²) < 4.78 is 33.3. The van der Waals surface area contributed by atoms with Crippen LogP contribution in [-0.4, -0.2) is 31.3 Å². The van der Waals surface area contributed by atoms with Gasteiger partial charge in [-0.05, 0) is 13.3 Å². The minimum absolute atomic E-state index is 0. The van der Waals surface area contributed by atoms with Crippen LogP contribution in [0.1, 0.15) is 14.8 Å². The van der Waals surface area contributed by atoms with Crippen molar-refractivity contribution in [2.75, 3.05) is 12.4 Å². The largest absolute Gasteiger partial charge is 1.00 e. The third-order valence-electron chi connectivity index (χ3n) is 1.09. The van der Waals surface area contributed by atoms with Gasteiger partial charge in [-0.25, -0.2) is 4.79 Å². The fourth-order valence-electron chi connectivity index (χ4n) is 0.598. The first-order valence-electron chi connectivity index (χ1n) is 3.70. The summed E-state index contributed by atoms with van der Waals surface area (Å²) in [7, 11) is -3.94. The van der Waals surface area contributed by atoms with Gasteiger partial charge in [0.25, 0.3) is 10.1 Å². The van der Waals surface area contributed by atoms with Crippen molar-refractivity contribution in [3.63, 3.8) is 0 Å². The Bertz CT molecular complexity index is 288. The average Bonchev–Trinajstić information content (AvgIpc) is 1.97. The van der Waals surface area contributed by atoms with Gasteiger partial charge in [-0.3, -0.25) is 4.55 Å². The Balaban J connectivity index is -0.000000720. The van der Waals surface area contributed by atoms with Crippen molar-refractivity contribution in [2.45, 2.75) is 13.3 Å². The first-order chi connectivity index (χ1) is 5.95. The van der Waals surface area contributed by atoms with Crippen molar-refractivity contribution >= 4 is 16.1 Å². The molecule has 0 aliphatic carbocycles. The normalized spacial score (nSPS) is 11.0. The molecule has 0 fully saturated rings. The molecular formula is C7H13NaO5S. The van der Waals surface area contributed by atoms with Crippen molar-refractivity contribution in [1.82, 2.24) is 0 Å². The minimum atomic E-state index is -3.94. The van der Waals surface area contributed by atoms with Crippen LogP contribution in [0.3, 0.4) is 0 Å². The van der Waals surface area contributed by atoms with Gasteiger partial charge in [0.05, 0.1) is 12.4 Å². The molecule has 0 aliphatic heterocycles. The van der Waals surface area contributed by atoms with Gasteiger partial charge in [-0.2, -0.15) is 8.42 Å². The molecule has 7 heteroatoms. The molecule has 0 atom stereocenters. The van der Waals surface area contributed by atoms with Crippen molar-refractivity contribution in [3.05, 3.63) is 12.2 Å². The van der Waals surface area contributed by atoms with Crippen LogP contribution in [0, 0.1) is 0 Å². The zero-order chi connectivity index (χ0) is 10.3. The van der Waals surface area contributed by atoms with Crippen LogP contribution < -0.4 is 29.6 Å². The Morgan fingerprint density at radius 1 is 1.57 bits per heavy atom. The molecule has 14 heavy (non-hydrogen) atoms. The summed E-state index contributed by atoms with van der Waals surface area (Å²) in [6, 6.07) is 0. The summed E-state index contributed by atoms with van der Waals surface area (Å²) in [4.78, 5) is 10.6. The van der Waals surface area contributed by atoms with Gasteiger partial charge in [-0.1, -0.05) is 6.08 Å². The second kappa shape index (κ2) is 8.43. The predicted octanol–water partition coefficient (Wildman–Crippen LogP) is -2.50. The molecule has 0 rings (SSSR count). The molecule has 0 aromatic carbocycles.